The fourth-order valence-electron chi connectivity index (χ4n) is 6.72. The number of fused-ring (bicyclic) bond motifs is 1. The van der Waals surface area contributed by atoms with Gasteiger partial charge in [0.25, 0.3) is 0 Å². The van der Waals surface area contributed by atoms with Crippen LogP contribution in [0.4, 0.5) is 0 Å². The van der Waals surface area contributed by atoms with Crippen LogP contribution in [0.15, 0.2) is 23.8 Å². The first-order valence-electron chi connectivity index (χ1n) is 12.5. The van der Waals surface area contributed by atoms with Gasteiger partial charge in [-0.3, -0.25) is 4.79 Å². The number of aryl methyl sites for hydroxylation is 1. The summed E-state index contributed by atoms with van der Waals surface area (Å²) in [6.45, 7) is 11.7. The Morgan fingerprint density at radius 1 is 1.21 bits per heavy atom. The summed E-state index contributed by atoms with van der Waals surface area (Å²) >= 11 is 0. The van der Waals surface area contributed by atoms with Crippen LogP contribution in [-0.2, 0) is 11.2 Å². The van der Waals surface area contributed by atoms with Crippen molar-refractivity contribution in [3.8, 4) is 11.5 Å². The molecule has 0 radical (unpaired) electrons. The SMILES string of the molecule is COc1cc(C)c(OC)c(C/C=C(\C)CC2(O)CC3(C)CCCC3(C)C(=O)C2CC(C)(C)O)c1. The van der Waals surface area contributed by atoms with E-state index in [1.807, 2.05) is 26.0 Å². The predicted molar refractivity (Wildman–Crippen MR) is 135 cm³/mol. The molecule has 3 rings (SSSR count). The molecule has 2 N–H and O–H groups in total. The maximum atomic E-state index is 13.9. The molecular weight excluding hydrogens is 428 g/mol. The second kappa shape index (κ2) is 9.31. The number of carbonyl (C=O) groups is 1. The van der Waals surface area contributed by atoms with Crippen LogP contribution >= 0.6 is 0 Å². The fourth-order valence-corrected chi connectivity index (χ4v) is 6.72. The van der Waals surface area contributed by atoms with Crippen molar-refractivity contribution < 1.29 is 24.5 Å². The molecular formula is C29H44O5. The van der Waals surface area contributed by atoms with Crippen LogP contribution in [0.1, 0.15) is 84.3 Å². The molecule has 4 unspecified atom stereocenters. The molecule has 4 atom stereocenters. The molecule has 1 aromatic rings. The monoisotopic (exact) mass is 472 g/mol. The molecule has 0 saturated heterocycles. The largest absolute Gasteiger partial charge is 0.497 e. The van der Waals surface area contributed by atoms with E-state index in [-0.39, 0.29) is 17.6 Å². The summed E-state index contributed by atoms with van der Waals surface area (Å²) in [4.78, 5) is 13.9. The van der Waals surface area contributed by atoms with E-state index in [9.17, 15) is 15.0 Å². The molecule has 190 valence electrons. The number of hydrogen-bond donors (Lipinski definition) is 2. The van der Waals surface area contributed by atoms with E-state index in [1.54, 1.807) is 28.1 Å². The molecule has 0 spiro atoms. The molecule has 2 fully saturated rings. The smallest absolute Gasteiger partial charge is 0.145 e. The van der Waals surface area contributed by atoms with Crippen LogP contribution in [0, 0.1) is 23.7 Å². The molecule has 2 aliphatic rings. The quantitative estimate of drug-likeness (QED) is 0.484. The summed E-state index contributed by atoms with van der Waals surface area (Å²) in [7, 11) is 3.33. The first-order valence-corrected chi connectivity index (χ1v) is 12.5. The van der Waals surface area contributed by atoms with E-state index in [4.69, 9.17) is 9.47 Å². The zero-order chi connectivity index (χ0) is 25.5. The third-order valence-corrected chi connectivity index (χ3v) is 8.67. The molecule has 0 aliphatic heterocycles. The zero-order valence-corrected chi connectivity index (χ0v) is 22.4. The summed E-state index contributed by atoms with van der Waals surface area (Å²) in [5, 5.41) is 22.7. The number of aliphatic hydroxyl groups is 2. The second-order valence-electron chi connectivity index (χ2n) is 12.0. The van der Waals surface area contributed by atoms with Crippen molar-refractivity contribution in [2.75, 3.05) is 14.2 Å². The highest BCUT2D eigenvalue weighted by atomic mass is 16.5. The van der Waals surface area contributed by atoms with Crippen molar-refractivity contribution in [2.45, 2.75) is 97.7 Å². The number of Topliss-reactive ketones (excluding diaryl/α,β-unsaturated/α-hetero) is 1. The lowest BCUT2D eigenvalue weighted by molar-refractivity contribution is -0.175. The number of methoxy groups -OCH3 is 2. The number of benzene rings is 1. The fraction of sp³-hybridized carbons (Fsp3) is 0.690. The third-order valence-electron chi connectivity index (χ3n) is 8.67. The number of rotatable bonds is 8. The first kappa shape index (κ1) is 26.7. The van der Waals surface area contributed by atoms with Crippen molar-refractivity contribution >= 4 is 5.78 Å². The molecule has 0 bridgehead atoms. The van der Waals surface area contributed by atoms with Crippen molar-refractivity contribution in [3.05, 3.63) is 34.9 Å². The number of carbonyl (C=O) groups excluding carboxylic acids is 1. The average Bonchev–Trinajstić information content (AvgIpc) is 3.03. The highest BCUT2D eigenvalue weighted by molar-refractivity contribution is 5.90. The number of hydrogen-bond acceptors (Lipinski definition) is 5. The van der Waals surface area contributed by atoms with Gasteiger partial charge in [-0.1, -0.05) is 31.9 Å². The average molecular weight is 473 g/mol. The van der Waals surface area contributed by atoms with Gasteiger partial charge >= 0.3 is 0 Å². The number of ketones is 1. The third kappa shape index (κ3) is 4.92. The van der Waals surface area contributed by atoms with Gasteiger partial charge < -0.3 is 19.7 Å². The van der Waals surface area contributed by atoms with Gasteiger partial charge in [0.2, 0.25) is 0 Å². The van der Waals surface area contributed by atoms with Gasteiger partial charge in [-0.15, -0.1) is 0 Å². The van der Waals surface area contributed by atoms with Gasteiger partial charge in [0.15, 0.2) is 0 Å². The number of ether oxygens (including phenoxy) is 2. The Hall–Kier alpha value is -1.85. The lowest BCUT2D eigenvalue weighted by atomic mass is 9.50. The Morgan fingerprint density at radius 3 is 2.47 bits per heavy atom. The Kier molecular flexibility index (Phi) is 7.32. The van der Waals surface area contributed by atoms with Gasteiger partial charge in [0, 0.05) is 11.0 Å². The lowest BCUT2D eigenvalue weighted by Gasteiger charge is -2.55. The van der Waals surface area contributed by atoms with E-state index in [0.717, 1.165) is 47.5 Å². The first-order chi connectivity index (χ1) is 15.7. The van der Waals surface area contributed by atoms with E-state index in [2.05, 4.69) is 19.9 Å². The minimum atomic E-state index is -1.18. The summed E-state index contributed by atoms with van der Waals surface area (Å²) < 4.78 is 11.1. The minimum absolute atomic E-state index is 0.126. The van der Waals surface area contributed by atoms with Crippen LogP contribution in [0.5, 0.6) is 11.5 Å². The minimum Gasteiger partial charge on any atom is -0.497 e. The molecule has 1 aromatic carbocycles. The van der Waals surface area contributed by atoms with Crippen LogP contribution in [0.3, 0.4) is 0 Å². The Labute approximate surface area is 205 Å². The Bertz CT molecular complexity index is 958. The van der Waals surface area contributed by atoms with Gasteiger partial charge in [-0.2, -0.15) is 0 Å². The van der Waals surface area contributed by atoms with Crippen LogP contribution in [0.2, 0.25) is 0 Å². The highest BCUT2D eigenvalue weighted by Gasteiger charge is 2.64. The molecule has 0 amide bonds. The van der Waals surface area contributed by atoms with E-state index < -0.39 is 22.5 Å². The molecule has 0 heterocycles. The molecule has 0 aromatic heterocycles. The lowest BCUT2D eigenvalue weighted by Crippen LogP contribution is -2.60. The zero-order valence-electron chi connectivity index (χ0n) is 22.4. The van der Waals surface area contributed by atoms with Gasteiger partial charge in [0.1, 0.15) is 17.3 Å². The van der Waals surface area contributed by atoms with Gasteiger partial charge in [-0.25, -0.2) is 0 Å². The maximum Gasteiger partial charge on any atom is 0.145 e. The topological polar surface area (TPSA) is 76.0 Å². The van der Waals surface area contributed by atoms with Crippen molar-refractivity contribution in [3.63, 3.8) is 0 Å². The highest BCUT2D eigenvalue weighted by Crippen LogP contribution is 2.63. The molecule has 5 heteroatoms. The maximum absolute atomic E-state index is 13.9. The second-order valence-corrected chi connectivity index (χ2v) is 12.0. The van der Waals surface area contributed by atoms with Gasteiger partial charge in [0.05, 0.1) is 31.3 Å². The molecule has 5 nitrogen and oxygen atoms in total. The van der Waals surface area contributed by atoms with Gasteiger partial charge in [-0.05, 0) is 89.3 Å². The van der Waals surface area contributed by atoms with E-state index >= 15 is 0 Å². The molecule has 2 saturated carbocycles. The predicted octanol–water partition coefficient (Wildman–Crippen LogP) is 5.57. The summed E-state index contributed by atoms with van der Waals surface area (Å²) in [6.07, 6.45) is 6.85. The van der Waals surface area contributed by atoms with Crippen LogP contribution in [0.25, 0.3) is 0 Å². The van der Waals surface area contributed by atoms with Crippen molar-refractivity contribution in [1.82, 2.24) is 0 Å². The van der Waals surface area contributed by atoms with E-state index in [0.29, 0.717) is 19.3 Å². The summed E-state index contributed by atoms with van der Waals surface area (Å²) in [5.74, 6) is 1.17. The van der Waals surface area contributed by atoms with Crippen molar-refractivity contribution in [1.29, 1.82) is 0 Å². The Morgan fingerprint density at radius 2 is 1.88 bits per heavy atom. The number of allylic oxidation sites excluding steroid dienone is 1. The van der Waals surface area contributed by atoms with Crippen molar-refractivity contribution in [2.24, 2.45) is 16.7 Å². The molecule has 2 aliphatic carbocycles. The normalized spacial score (nSPS) is 32.0. The summed E-state index contributed by atoms with van der Waals surface area (Å²) in [5.41, 5.74) is 0.210. The van der Waals surface area contributed by atoms with Crippen LogP contribution < -0.4 is 9.47 Å². The Balaban J connectivity index is 1.91. The summed E-state index contributed by atoms with van der Waals surface area (Å²) in [6, 6.07) is 3.94. The van der Waals surface area contributed by atoms with E-state index in [1.165, 1.54) is 0 Å². The molecule has 34 heavy (non-hydrogen) atoms. The van der Waals surface area contributed by atoms with Crippen LogP contribution in [-0.4, -0.2) is 41.4 Å². The standard InChI is InChI=1S/C29H44O5/c1-19(10-11-21-15-22(33-7)14-20(2)24(21)34-8)16-29(32)18-27(5)12-9-13-28(27,6)25(30)23(29)17-26(3,4)31/h10,14-15,23,31-32H,9,11-13,16-18H2,1-8H3/b19-10+.